The van der Waals surface area contributed by atoms with E-state index in [9.17, 15) is 5.26 Å². The molecule has 4 heterocycles. The summed E-state index contributed by atoms with van der Waals surface area (Å²) in [5, 5.41) is 17.3. The van der Waals surface area contributed by atoms with Gasteiger partial charge in [-0.15, -0.1) is 0 Å². The van der Waals surface area contributed by atoms with Gasteiger partial charge < -0.3 is 13.6 Å². The van der Waals surface area contributed by atoms with Crippen LogP contribution in [0.1, 0.15) is 5.56 Å². The summed E-state index contributed by atoms with van der Waals surface area (Å²) in [6.07, 6.45) is 0. The lowest BCUT2D eigenvalue weighted by Crippen LogP contribution is -2.02. The third-order valence-corrected chi connectivity index (χ3v) is 11.6. The molecule has 0 aliphatic heterocycles. The number of hydrogen-bond donors (Lipinski definition) is 0. The van der Waals surface area contributed by atoms with Crippen molar-refractivity contribution in [1.29, 1.82) is 5.26 Å². The van der Waals surface area contributed by atoms with E-state index in [0.29, 0.717) is 28.4 Å². The molecular weight excluding hydrogens is 723 g/mol. The van der Waals surface area contributed by atoms with E-state index in [0.717, 1.165) is 77.3 Å². The molecule has 0 N–H and O–H groups in total. The summed E-state index contributed by atoms with van der Waals surface area (Å²) < 4.78 is 11.7. The first-order chi connectivity index (χ1) is 29.3. The summed E-state index contributed by atoms with van der Waals surface area (Å²) >= 11 is 0. The van der Waals surface area contributed by atoms with E-state index in [1.165, 1.54) is 10.8 Å². The monoisotopic (exact) mass is 753 g/mol. The van der Waals surface area contributed by atoms with Crippen LogP contribution >= 0.6 is 0 Å². The molecule has 4 aromatic heterocycles. The molecule has 0 atom stereocenters. The van der Waals surface area contributed by atoms with E-state index >= 15 is 0 Å². The van der Waals surface area contributed by atoms with Gasteiger partial charge in [-0.05, 0) is 42.5 Å². The third-order valence-electron chi connectivity index (χ3n) is 11.6. The number of furan rings is 1. The summed E-state index contributed by atoms with van der Waals surface area (Å²) in [4.78, 5) is 10.4. The fourth-order valence-electron chi connectivity index (χ4n) is 9.07. The van der Waals surface area contributed by atoms with Crippen molar-refractivity contribution >= 4 is 65.6 Å². The van der Waals surface area contributed by atoms with E-state index in [-0.39, 0.29) is 0 Å². The maximum Gasteiger partial charge on any atom is 0.164 e. The molecule has 59 heavy (non-hydrogen) atoms. The predicted octanol–water partition coefficient (Wildman–Crippen LogP) is 13.4. The molecule has 6 nitrogen and oxygen atoms in total. The molecule has 12 rings (SSSR count). The van der Waals surface area contributed by atoms with Crippen molar-refractivity contribution in [3.8, 4) is 51.3 Å². The van der Waals surface area contributed by atoms with Crippen molar-refractivity contribution in [2.45, 2.75) is 0 Å². The van der Waals surface area contributed by atoms with Crippen molar-refractivity contribution in [2.75, 3.05) is 0 Å². The molecule has 12 aromatic rings. The first-order valence-electron chi connectivity index (χ1n) is 19.7. The van der Waals surface area contributed by atoms with Crippen LogP contribution in [0.5, 0.6) is 0 Å². The summed E-state index contributed by atoms with van der Waals surface area (Å²) in [7, 11) is 0. The highest BCUT2D eigenvalue weighted by atomic mass is 16.3. The Morgan fingerprint density at radius 3 is 1.58 bits per heavy atom. The maximum absolute atomic E-state index is 10.6. The molecule has 0 aliphatic carbocycles. The Hall–Kier alpha value is -8.27. The van der Waals surface area contributed by atoms with E-state index in [1.54, 1.807) is 0 Å². The van der Waals surface area contributed by atoms with Gasteiger partial charge in [0.15, 0.2) is 5.82 Å². The van der Waals surface area contributed by atoms with Gasteiger partial charge in [-0.1, -0.05) is 146 Å². The van der Waals surface area contributed by atoms with E-state index in [2.05, 4.69) is 130 Å². The fraction of sp³-hybridized carbons (Fsp3) is 0. The Bertz CT molecular complexity index is 3610. The van der Waals surface area contributed by atoms with Gasteiger partial charge in [-0.2, -0.15) is 5.26 Å². The topological polar surface area (TPSA) is 72.6 Å². The highest BCUT2D eigenvalue weighted by molar-refractivity contribution is 6.25. The first-order valence-corrected chi connectivity index (χ1v) is 19.7. The summed E-state index contributed by atoms with van der Waals surface area (Å²) in [5.41, 5.74) is 12.0. The van der Waals surface area contributed by atoms with Gasteiger partial charge in [-0.3, -0.25) is 0 Å². The Labute approximate surface area is 338 Å². The second-order valence-corrected chi connectivity index (χ2v) is 14.8. The second kappa shape index (κ2) is 12.9. The zero-order valence-corrected chi connectivity index (χ0v) is 31.5. The smallest absolute Gasteiger partial charge is 0.164 e. The van der Waals surface area contributed by atoms with E-state index in [1.807, 2.05) is 72.8 Å². The highest BCUT2D eigenvalue weighted by Gasteiger charge is 2.26. The van der Waals surface area contributed by atoms with Crippen LogP contribution < -0.4 is 0 Å². The van der Waals surface area contributed by atoms with Crippen molar-refractivity contribution < 1.29 is 4.42 Å². The van der Waals surface area contributed by atoms with Crippen molar-refractivity contribution in [1.82, 2.24) is 19.1 Å². The molecule has 0 bridgehead atoms. The molecule has 0 amide bonds. The number of fused-ring (bicyclic) bond motifs is 10. The minimum absolute atomic E-state index is 0.423. The predicted molar refractivity (Wildman–Crippen MR) is 239 cm³/mol. The molecule has 0 spiro atoms. The van der Waals surface area contributed by atoms with Gasteiger partial charge in [0.2, 0.25) is 0 Å². The Morgan fingerprint density at radius 1 is 0.458 bits per heavy atom. The highest BCUT2D eigenvalue weighted by Crippen LogP contribution is 2.46. The van der Waals surface area contributed by atoms with Gasteiger partial charge in [0.05, 0.1) is 50.1 Å². The average Bonchev–Trinajstić information content (AvgIpc) is 3.98. The Morgan fingerprint density at radius 2 is 0.966 bits per heavy atom. The lowest BCUT2D eigenvalue weighted by molar-refractivity contribution is 0.669. The number of benzene rings is 8. The maximum atomic E-state index is 10.6. The van der Waals surface area contributed by atoms with Gasteiger partial charge in [0.25, 0.3) is 0 Å². The zero-order valence-electron chi connectivity index (χ0n) is 31.5. The second-order valence-electron chi connectivity index (χ2n) is 14.8. The Balaban J connectivity index is 1.22. The number of para-hydroxylation sites is 4. The lowest BCUT2D eigenvalue weighted by atomic mass is 9.99. The average molecular weight is 754 g/mol. The van der Waals surface area contributed by atoms with Crippen molar-refractivity contribution in [3.63, 3.8) is 0 Å². The van der Waals surface area contributed by atoms with Gasteiger partial charge in [-0.25, -0.2) is 9.97 Å². The van der Waals surface area contributed by atoms with Crippen LogP contribution in [-0.4, -0.2) is 19.1 Å². The zero-order chi connectivity index (χ0) is 39.0. The molecular formula is C53H31N5O. The van der Waals surface area contributed by atoms with E-state index in [4.69, 9.17) is 14.4 Å². The molecule has 0 radical (unpaired) electrons. The van der Waals surface area contributed by atoms with Crippen molar-refractivity contribution in [2.24, 2.45) is 0 Å². The molecule has 0 fully saturated rings. The minimum Gasteiger partial charge on any atom is -0.455 e. The van der Waals surface area contributed by atoms with Crippen LogP contribution in [0.25, 0.3) is 111 Å². The van der Waals surface area contributed by atoms with Crippen LogP contribution in [-0.2, 0) is 0 Å². The standard InChI is InChI=1S/C53H31N5O/c54-32-42-48(33-16-4-1-5-17-33)55-53(56-49(42)34-18-6-2-7-19-34)41-30-31-45(47-40-24-12-15-27-46(40)59-52(41)47)58-44-26-14-11-23-37(44)39-29-28-38-36-22-10-13-25-43(36)57(50(38)51(39)58)35-20-8-3-9-21-35/h1-31H. The number of nitriles is 1. The minimum atomic E-state index is 0.423. The molecule has 0 saturated carbocycles. The van der Waals surface area contributed by atoms with Gasteiger partial charge in [0.1, 0.15) is 22.8 Å². The van der Waals surface area contributed by atoms with Crippen molar-refractivity contribution in [3.05, 3.63) is 194 Å². The van der Waals surface area contributed by atoms with Gasteiger partial charge in [0, 0.05) is 43.7 Å². The van der Waals surface area contributed by atoms with Crippen LogP contribution in [0.4, 0.5) is 0 Å². The normalized spacial score (nSPS) is 11.7. The Kier molecular flexibility index (Phi) is 7.19. The molecule has 0 saturated heterocycles. The number of aromatic nitrogens is 4. The molecule has 0 unspecified atom stereocenters. The SMILES string of the molecule is N#Cc1c(-c2ccccc2)nc(-c2ccc(-n3c4ccccc4c4ccc5c6ccccc6n(-c6ccccc6)c5c43)c3c2oc2ccccc23)nc1-c1ccccc1. The summed E-state index contributed by atoms with van der Waals surface area (Å²) in [6.45, 7) is 0. The first kappa shape index (κ1) is 32.9. The number of nitrogens with zero attached hydrogens (tertiary/aromatic N) is 5. The fourth-order valence-corrected chi connectivity index (χ4v) is 9.07. The van der Waals surface area contributed by atoms with Crippen LogP contribution in [0.3, 0.4) is 0 Å². The van der Waals surface area contributed by atoms with Crippen LogP contribution in [0, 0.1) is 11.3 Å². The summed E-state index contributed by atoms with van der Waals surface area (Å²) in [5.74, 6) is 0.478. The summed E-state index contributed by atoms with van der Waals surface area (Å²) in [6, 6.07) is 67.2. The molecule has 8 aromatic carbocycles. The molecule has 0 aliphatic rings. The van der Waals surface area contributed by atoms with Gasteiger partial charge >= 0.3 is 0 Å². The third kappa shape index (κ3) is 4.86. The number of rotatable bonds is 5. The lowest BCUT2D eigenvalue weighted by Gasteiger charge is -2.15. The van der Waals surface area contributed by atoms with Crippen LogP contribution in [0.2, 0.25) is 0 Å². The van der Waals surface area contributed by atoms with E-state index < -0.39 is 0 Å². The molecule has 274 valence electrons. The largest absolute Gasteiger partial charge is 0.455 e. The quantitative estimate of drug-likeness (QED) is 0.175. The number of hydrogen-bond acceptors (Lipinski definition) is 4. The van der Waals surface area contributed by atoms with Crippen LogP contribution in [0.15, 0.2) is 192 Å². The molecule has 6 heteroatoms.